The Balaban J connectivity index is 0.00000179. The second-order valence-corrected chi connectivity index (χ2v) is 9.24. The molecule has 1 heterocycles. The molecular formula is C32H58N2O. The number of nitrogens with zero attached hydrogens (tertiary/aromatic N) is 1. The van der Waals surface area contributed by atoms with Crippen molar-refractivity contribution in [1.29, 1.82) is 0 Å². The van der Waals surface area contributed by atoms with Crippen LogP contribution < -0.4 is 5.32 Å². The van der Waals surface area contributed by atoms with Crippen molar-refractivity contribution in [1.82, 2.24) is 10.2 Å². The maximum atomic E-state index is 12.7. The minimum absolute atomic E-state index is 0.0671. The predicted molar refractivity (Wildman–Crippen MR) is 157 cm³/mol. The molecule has 3 rings (SSSR count). The molecule has 1 amide bonds. The van der Waals surface area contributed by atoms with E-state index in [0.29, 0.717) is 18.5 Å². The molecular weight excluding hydrogens is 428 g/mol. The van der Waals surface area contributed by atoms with Crippen LogP contribution in [-0.2, 0) is 6.42 Å². The number of amides is 1. The quantitative estimate of drug-likeness (QED) is 0.354. The molecule has 3 heteroatoms. The number of piperidine rings is 1. The number of carbonyl (C=O) groups excluding carboxylic acids is 1. The Labute approximate surface area is 219 Å². The molecule has 2 aliphatic rings. The average Bonchev–Trinajstić information content (AvgIpc) is 3.73. The second kappa shape index (κ2) is 19.6. The van der Waals surface area contributed by atoms with E-state index in [1.807, 2.05) is 47.6 Å². The van der Waals surface area contributed by atoms with Crippen molar-refractivity contribution in [3.63, 3.8) is 0 Å². The number of allylic oxidation sites excluding steroid dienone is 1. The zero-order valence-corrected chi connectivity index (χ0v) is 25.0. The molecule has 35 heavy (non-hydrogen) atoms. The highest BCUT2D eigenvalue weighted by atomic mass is 16.1. The van der Waals surface area contributed by atoms with Crippen LogP contribution in [0.5, 0.6) is 0 Å². The van der Waals surface area contributed by atoms with E-state index >= 15 is 0 Å². The number of rotatable bonds is 9. The molecule has 1 aliphatic heterocycles. The first kappa shape index (κ1) is 33.4. The molecule has 1 aromatic rings. The molecule has 1 saturated carbocycles. The third-order valence-corrected chi connectivity index (χ3v) is 6.79. The first-order valence-corrected chi connectivity index (χ1v) is 14.8. The number of hydrogen-bond acceptors (Lipinski definition) is 2. The Hall–Kier alpha value is -1.61. The molecule has 0 spiro atoms. The van der Waals surface area contributed by atoms with Crippen molar-refractivity contribution in [2.45, 2.75) is 126 Å². The number of aryl methyl sites for hydroxylation is 1. The molecule has 202 valence electrons. The van der Waals surface area contributed by atoms with Crippen LogP contribution >= 0.6 is 0 Å². The Morgan fingerprint density at radius 1 is 1.06 bits per heavy atom. The van der Waals surface area contributed by atoms with Crippen molar-refractivity contribution in [2.75, 3.05) is 19.6 Å². The van der Waals surface area contributed by atoms with E-state index in [-0.39, 0.29) is 5.91 Å². The van der Waals surface area contributed by atoms with Gasteiger partial charge in [0.25, 0.3) is 5.91 Å². The van der Waals surface area contributed by atoms with Crippen molar-refractivity contribution in [3.8, 4) is 0 Å². The van der Waals surface area contributed by atoms with Crippen LogP contribution in [0.3, 0.4) is 0 Å². The Morgan fingerprint density at radius 2 is 1.71 bits per heavy atom. The number of nitrogens with one attached hydrogen (secondary N) is 1. The molecule has 2 unspecified atom stereocenters. The van der Waals surface area contributed by atoms with Gasteiger partial charge in [-0.3, -0.25) is 4.79 Å². The molecule has 1 N–H and O–H groups in total. The van der Waals surface area contributed by atoms with Gasteiger partial charge in [0.2, 0.25) is 0 Å². The third kappa shape index (κ3) is 11.8. The first-order chi connectivity index (χ1) is 17.0. The fourth-order valence-corrected chi connectivity index (χ4v) is 4.77. The third-order valence-electron chi connectivity index (χ3n) is 6.79. The lowest BCUT2D eigenvalue weighted by Crippen LogP contribution is -2.41. The van der Waals surface area contributed by atoms with E-state index in [2.05, 4.69) is 56.1 Å². The Morgan fingerprint density at radius 3 is 2.26 bits per heavy atom. The van der Waals surface area contributed by atoms with Gasteiger partial charge in [-0.05, 0) is 100 Å². The number of hydrogen-bond donors (Lipinski definition) is 1. The predicted octanol–water partition coefficient (Wildman–Crippen LogP) is 8.78. The molecule has 0 aromatic heterocycles. The summed E-state index contributed by atoms with van der Waals surface area (Å²) < 4.78 is 0. The fourth-order valence-electron chi connectivity index (χ4n) is 4.77. The van der Waals surface area contributed by atoms with E-state index in [0.717, 1.165) is 30.7 Å². The molecule has 2 atom stereocenters. The average molecular weight is 487 g/mol. The van der Waals surface area contributed by atoms with Crippen LogP contribution in [0.2, 0.25) is 0 Å². The Kier molecular flexibility index (Phi) is 18.7. The van der Waals surface area contributed by atoms with Gasteiger partial charge in [0, 0.05) is 24.7 Å². The van der Waals surface area contributed by atoms with Gasteiger partial charge in [-0.2, -0.15) is 0 Å². The molecule has 1 saturated heterocycles. The maximum Gasteiger partial charge on any atom is 0.251 e. The minimum Gasteiger partial charge on any atom is -0.352 e. The van der Waals surface area contributed by atoms with E-state index in [1.165, 1.54) is 55.5 Å². The summed E-state index contributed by atoms with van der Waals surface area (Å²) in [5, 5.41) is 3.11. The zero-order valence-electron chi connectivity index (χ0n) is 25.0. The fraction of sp³-hybridized carbons (Fsp3) is 0.719. The summed E-state index contributed by atoms with van der Waals surface area (Å²) in [7, 11) is 0. The molecule has 1 aliphatic carbocycles. The molecule has 3 nitrogen and oxygen atoms in total. The van der Waals surface area contributed by atoms with Crippen LogP contribution in [0.1, 0.15) is 135 Å². The van der Waals surface area contributed by atoms with Gasteiger partial charge in [-0.15, -0.1) is 0 Å². The van der Waals surface area contributed by atoms with E-state index in [9.17, 15) is 4.79 Å². The van der Waals surface area contributed by atoms with Gasteiger partial charge in [0.05, 0.1) is 0 Å². The van der Waals surface area contributed by atoms with Crippen molar-refractivity contribution in [3.05, 3.63) is 46.5 Å². The van der Waals surface area contributed by atoms with Crippen LogP contribution in [0.25, 0.3) is 0 Å². The summed E-state index contributed by atoms with van der Waals surface area (Å²) in [6.45, 7) is 24.1. The van der Waals surface area contributed by atoms with E-state index in [4.69, 9.17) is 0 Å². The van der Waals surface area contributed by atoms with Crippen LogP contribution in [-0.4, -0.2) is 36.5 Å². The monoisotopic (exact) mass is 486 g/mol. The lowest BCUT2D eigenvalue weighted by atomic mass is 9.82. The largest absolute Gasteiger partial charge is 0.352 e. The number of carbonyl (C=O) groups is 1. The maximum absolute atomic E-state index is 12.7. The van der Waals surface area contributed by atoms with Gasteiger partial charge in [-0.25, -0.2) is 0 Å². The van der Waals surface area contributed by atoms with Crippen molar-refractivity contribution >= 4 is 5.91 Å². The minimum atomic E-state index is 0.0671. The van der Waals surface area contributed by atoms with Gasteiger partial charge in [-0.1, -0.05) is 73.1 Å². The van der Waals surface area contributed by atoms with Crippen LogP contribution in [0.15, 0.2) is 29.8 Å². The highest BCUT2D eigenvalue weighted by Gasteiger charge is 2.32. The highest BCUT2D eigenvalue weighted by Crippen LogP contribution is 2.37. The summed E-state index contributed by atoms with van der Waals surface area (Å²) in [5.41, 5.74) is 5.00. The molecule has 0 radical (unpaired) electrons. The number of likely N-dealkylation sites (tertiary alicyclic amines) is 1. The molecule has 0 bridgehead atoms. The lowest BCUT2D eigenvalue weighted by Gasteiger charge is -2.38. The van der Waals surface area contributed by atoms with Crippen molar-refractivity contribution < 1.29 is 4.79 Å². The van der Waals surface area contributed by atoms with Crippen LogP contribution in [0.4, 0.5) is 0 Å². The SMILES string of the molecule is CC.CC.CC.CC/C=C(\C)CCNC(=O)c1ccc(CC)c(C2CCN(CC3CC3)C(C)C2)c1. The summed E-state index contributed by atoms with van der Waals surface area (Å²) in [6, 6.07) is 7.03. The topological polar surface area (TPSA) is 32.3 Å². The summed E-state index contributed by atoms with van der Waals surface area (Å²) in [4.78, 5) is 15.4. The zero-order chi connectivity index (χ0) is 26.8. The summed E-state index contributed by atoms with van der Waals surface area (Å²) >= 11 is 0. The van der Waals surface area contributed by atoms with Gasteiger partial charge in [0.15, 0.2) is 0 Å². The number of benzene rings is 1. The smallest absolute Gasteiger partial charge is 0.251 e. The second-order valence-electron chi connectivity index (χ2n) is 9.24. The molecule has 2 fully saturated rings. The van der Waals surface area contributed by atoms with Gasteiger partial charge in [0.1, 0.15) is 0 Å². The standard InChI is InChI=1S/C26H40N2O.3C2H6/c1-5-7-19(3)12-14-27-26(29)24-11-10-22(6-2)25(17-24)23-13-15-28(20(4)16-23)18-21-8-9-21;3*1-2/h7,10-11,17,20-21,23H,5-6,8-9,12-16,18H2,1-4H3,(H,27,29);3*1-2H3/b19-7+;;;. The lowest BCUT2D eigenvalue weighted by molar-refractivity contribution is 0.0954. The normalized spacial score (nSPS) is 19.8. The van der Waals surface area contributed by atoms with Gasteiger partial charge >= 0.3 is 0 Å². The summed E-state index contributed by atoms with van der Waals surface area (Å²) in [5.74, 6) is 1.61. The Bertz CT molecular complexity index is 720. The van der Waals surface area contributed by atoms with Gasteiger partial charge < -0.3 is 10.2 Å². The molecule has 1 aromatic carbocycles. The van der Waals surface area contributed by atoms with E-state index in [1.54, 1.807) is 0 Å². The summed E-state index contributed by atoms with van der Waals surface area (Å²) in [6.07, 6.45) is 10.5. The highest BCUT2D eigenvalue weighted by molar-refractivity contribution is 5.94. The van der Waals surface area contributed by atoms with Crippen molar-refractivity contribution in [2.24, 2.45) is 5.92 Å². The van der Waals surface area contributed by atoms with E-state index < -0.39 is 0 Å². The first-order valence-electron chi connectivity index (χ1n) is 14.8. The van der Waals surface area contributed by atoms with Crippen LogP contribution in [0, 0.1) is 5.92 Å².